The molecule has 1 amide bonds. The SMILES string of the molecule is Cc1nn(C)c(=O)c(C(=O)Nc2cccc(-c3ncn(C)n3)c2)c1C. The van der Waals surface area contributed by atoms with Gasteiger partial charge in [-0.05, 0) is 31.5 Å². The molecule has 3 rings (SSSR count). The maximum Gasteiger partial charge on any atom is 0.279 e. The van der Waals surface area contributed by atoms with E-state index in [1.54, 1.807) is 50.1 Å². The number of rotatable bonds is 3. The fourth-order valence-corrected chi connectivity index (χ4v) is 2.52. The number of anilines is 1. The van der Waals surface area contributed by atoms with Crippen molar-refractivity contribution in [1.29, 1.82) is 0 Å². The van der Waals surface area contributed by atoms with Gasteiger partial charge in [-0.2, -0.15) is 10.2 Å². The zero-order valence-electron chi connectivity index (χ0n) is 14.4. The molecule has 0 saturated heterocycles. The van der Waals surface area contributed by atoms with Gasteiger partial charge in [0.1, 0.15) is 11.9 Å². The minimum absolute atomic E-state index is 0.0939. The summed E-state index contributed by atoms with van der Waals surface area (Å²) in [5, 5.41) is 11.1. The molecule has 0 fully saturated rings. The van der Waals surface area contributed by atoms with Gasteiger partial charge in [0, 0.05) is 25.3 Å². The lowest BCUT2D eigenvalue weighted by atomic mass is 10.1. The number of hydrogen-bond donors (Lipinski definition) is 1. The highest BCUT2D eigenvalue weighted by molar-refractivity contribution is 6.05. The summed E-state index contributed by atoms with van der Waals surface area (Å²) in [4.78, 5) is 29.1. The fourth-order valence-electron chi connectivity index (χ4n) is 2.52. The molecule has 0 aliphatic carbocycles. The molecule has 1 aromatic carbocycles. The summed E-state index contributed by atoms with van der Waals surface area (Å²) < 4.78 is 2.78. The van der Waals surface area contributed by atoms with Crippen LogP contribution in [-0.2, 0) is 14.1 Å². The second-order valence-electron chi connectivity index (χ2n) is 5.79. The Hall–Kier alpha value is -3.29. The Labute approximate surface area is 144 Å². The zero-order valence-corrected chi connectivity index (χ0v) is 14.4. The topological polar surface area (TPSA) is 94.7 Å². The van der Waals surface area contributed by atoms with Crippen molar-refractivity contribution in [3.63, 3.8) is 0 Å². The minimum Gasteiger partial charge on any atom is -0.322 e. The van der Waals surface area contributed by atoms with Gasteiger partial charge in [0.25, 0.3) is 11.5 Å². The standard InChI is InChI=1S/C17H18N6O2/c1-10-11(2)20-23(4)17(25)14(10)16(24)19-13-7-5-6-12(8-13)15-18-9-22(3)21-15/h5-9H,1-4H3,(H,19,24). The van der Waals surface area contributed by atoms with Gasteiger partial charge in [-0.15, -0.1) is 0 Å². The van der Waals surface area contributed by atoms with E-state index in [2.05, 4.69) is 20.5 Å². The van der Waals surface area contributed by atoms with Crippen LogP contribution in [0.5, 0.6) is 0 Å². The Morgan fingerprint density at radius 1 is 1.16 bits per heavy atom. The molecule has 0 unspecified atom stereocenters. The molecule has 8 nitrogen and oxygen atoms in total. The molecule has 0 saturated carbocycles. The number of benzene rings is 1. The lowest BCUT2D eigenvalue weighted by molar-refractivity contribution is 0.102. The highest BCUT2D eigenvalue weighted by atomic mass is 16.2. The van der Waals surface area contributed by atoms with Gasteiger partial charge in [0.15, 0.2) is 5.82 Å². The van der Waals surface area contributed by atoms with Gasteiger partial charge >= 0.3 is 0 Å². The molecular formula is C17H18N6O2. The Balaban J connectivity index is 1.94. The van der Waals surface area contributed by atoms with Gasteiger partial charge in [0.2, 0.25) is 0 Å². The van der Waals surface area contributed by atoms with E-state index in [0.29, 0.717) is 22.8 Å². The van der Waals surface area contributed by atoms with Crippen LogP contribution in [0.25, 0.3) is 11.4 Å². The van der Waals surface area contributed by atoms with Crippen molar-refractivity contribution in [2.24, 2.45) is 14.1 Å². The number of nitrogens with one attached hydrogen (secondary N) is 1. The molecule has 1 N–H and O–H groups in total. The molecule has 0 radical (unpaired) electrons. The molecule has 0 aliphatic heterocycles. The summed E-state index contributed by atoms with van der Waals surface area (Å²) in [6, 6.07) is 7.16. The van der Waals surface area contributed by atoms with Gasteiger partial charge < -0.3 is 5.32 Å². The summed E-state index contributed by atoms with van der Waals surface area (Å²) in [5.41, 5.74) is 2.21. The maximum atomic E-state index is 12.6. The Morgan fingerprint density at radius 3 is 2.60 bits per heavy atom. The summed E-state index contributed by atoms with van der Waals surface area (Å²) in [7, 11) is 3.31. The smallest absolute Gasteiger partial charge is 0.279 e. The van der Waals surface area contributed by atoms with E-state index in [0.717, 1.165) is 5.56 Å². The summed E-state index contributed by atoms with van der Waals surface area (Å²) in [6.07, 6.45) is 1.60. The first-order chi connectivity index (χ1) is 11.9. The number of carbonyl (C=O) groups is 1. The molecule has 8 heteroatoms. The van der Waals surface area contributed by atoms with Crippen molar-refractivity contribution in [3.05, 3.63) is 57.8 Å². The third-order valence-corrected chi connectivity index (χ3v) is 3.93. The van der Waals surface area contributed by atoms with E-state index in [1.165, 1.54) is 11.7 Å². The first-order valence-electron chi connectivity index (χ1n) is 7.68. The van der Waals surface area contributed by atoms with Gasteiger partial charge in [-0.25, -0.2) is 9.67 Å². The van der Waals surface area contributed by atoms with Crippen molar-refractivity contribution in [3.8, 4) is 11.4 Å². The molecule has 0 atom stereocenters. The quantitative estimate of drug-likeness (QED) is 0.780. The fraction of sp³-hybridized carbons (Fsp3) is 0.235. The van der Waals surface area contributed by atoms with Crippen LogP contribution in [0.2, 0.25) is 0 Å². The van der Waals surface area contributed by atoms with E-state index >= 15 is 0 Å². The molecule has 0 bridgehead atoms. The molecular weight excluding hydrogens is 320 g/mol. The van der Waals surface area contributed by atoms with E-state index in [4.69, 9.17) is 0 Å². The van der Waals surface area contributed by atoms with Crippen molar-refractivity contribution in [1.82, 2.24) is 24.5 Å². The van der Waals surface area contributed by atoms with Gasteiger partial charge in [-0.1, -0.05) is 12.1 Å². The van der Waals surface area contributed by atoms with Crippen LogP contribution in [0.15, 0.2) is 35.4 Å². The molecule has 0 aliphatic rings. The lowest BCUT2D eigenvalue weighted by Crippen LogP contribution is -2.31. The summed E-state index contributed by atoms with van der Waals surface area (Å²) >= 11 is 0. The van der Waals surface area contributed by atoms with Crippen LogP contribution in [0.1, 0.15) is 21.6 Å². The van der Waals surface area contributed by atoms with E-state index < -0.39 is 11.5 Å². The Kier molecular flexibility index (Phi) is 4.18. The van der Waals surface area contributed by atoms with Crippen molar-refractivity contribution >= 4 is 11.6 Å². The Morgan fingerprint density at radius 2 is 1.92 bits per heavy atom. The van der Waals surface area contributed by atoms with Gasteiger partial charge in [0.05, 0.1) is 5.69 Å². The second-order valence-corrected chi connectivity index (χ2v) is 5.79. The average Bonchev–Trinajstić information content (AvgIpc) is 3.00. The highest BCUT2D eigenvalue weighted by Gasteiger charge is 2.18. The van der Waals surface area contributed by atoms with Gasteiger partial charge in [-0.3, -0.25) is 14.3 Å². The Bertz CT molecular complexity index is 1020. The lowest BCUT2D eigenvalue weighted by Gasteiger charge is -2.10. The summed E-state index contributed by atoms with van der Waals surface area (Å²) in [6.45, 7) is 3.48. The molecule has 25 heavy (non-hydrogen) atoms. The second kappa shape index (κ2) is 6.31. The van der Waals surface area contributed by atoms with Crippen LogP contribution in [0.4, 0.5) is 5.69 Å². The number of carbonyl (C=O) groups excluding carboxylic acids is 1. The number of hydrogen-bond acceptors (Lipinski definition) is 5. The van der Waals surface area contributed by atoms with Crippen LogP contribution >= 0.6 is 0 Å². The van der Waals surface area contributed by atoms with Crippen molar-refractivity contribution < 1.29 is 4.79 Å². The molecule has 0 spiro atoms. The van der Waals surface area contributed by atoms with E-state index in [1.807, 2.05) is 6.07 Å². The molecule has 2 heterocycles. The third kappa shape index (κ3) is 3.18. The van der Waals surface area contributed by atoms with Crippen LogP contribution in [0, 0.1) is 13.8 Å². The van der Waals surface area contributed by atoms with E-state index in [9.17, 15) is 9.59 Å². The predicted molar refractivity (Wildman–Crippen MR) is 93.3 cm³/mol. The first-order valence-corrected chi connectivity index (χ1v) is 7.68. The number of aryl methyl sites for hydroxylation is 3. The van der Waals surface area contributed by atoms with Crippen molar-refractivity contribution in [2.45, 2.75) is 13.8 Å². The molecule has 128 valence electrons. The van der Waals surface area contributed by atoms with Crippen LogP contribution in [0.3, 0.4) is 0 Å². The average molecular weight is 338 g/mol. The number of nitrogens with zero attached hydrogens (tertiary/aromatic N) is 5. The monoisotopic (exact) mass is 338 g/mol. The van der Waals surface area contributed by atoms with Crippen LogP contribution in [-0.4, -0.2) is 30.5 Å². The first kappa shape index (κ1) is 16.6. The van der Waals surface area contributed by atoms with E-state index in [-0.39, 0.29) is 5.56 Å². The highest BCUT2D eigenvalue weighted by Crippen LogP contribution is 2.19. The molecule has 2 aromatic heterocycles. The normalized spacial score (nSPS) is 10.7. The number of aromatic nitrogens is 5. The minimum atomic E-state index is -0.463. The maximum absolute atomic E-state index is 12.6. The predicted octanol–water partition coefficient (Wildman–Crippen LogP) is 1.44. The largest absolute Gasteiger partial charge is 0.322 e. The molecule has 3 aromatic rings. The third-order valence-electron chi connectivity index (χ3n) is 3.93. The van der Waals surface area contributed by atoms with Crippen LogP contribution < -0.4 is 10.9 Å². The summed E-state index contributed by atoms with van der Waals surface area (Å²) in [5.74, 6) is 0.0974. The number of amides is 1. The van der Waals surface area contributed by atoms with Crippen molar-refractivity contribution in [2.75, 3.05) is 5.32 Å². The zero-order chi connectivity index (χ0) is 18.1.